The number of benzene rings is 1. The van der Waals surface area contributed by atoms with Crippen LogP contribution in [0.4, 0.5) is 0 Å². The van der Waals surface area contributed by atoms with Gasteiger partial charge in [0.2, 0.25) is 0 Å². The van der Waals surface area contributed by atoms with Gasteiger partial charge in [-0.15, -0.1) is 0 Å². The van der Waals surface area contributed by atoms with Crippen molar-refractivity contribution in [2.24, 2.45) is 0 Å². The maximum Gasteiger partial charge on any atom is 0.417 e. The molecule has 1 aromatic heterocycles. The molecule has 1 aromatic carbocycles. The predicted octanol–water partition coefficient (Wildman–Crippen LogP) is 2.05. The first-order valence-corrected chi connectivity index (χ1v) is 6.00. The number of aryl methyl sites for hydroxylation is 1. The molecule has 0 spiro atoms. The first-order valence-electron chi connectivity index (χ1n) is 6.00. The van der Waals surface area contributed by atoms with Crippen molar-refractivity contribution in [1.82, 2.24) is 10.3 Å². The summed E-state index contributed by atoms with van der Waals surface area (Å²) in [4.78, 5) is 13.6. The molecule has 0 saturated carbocycles. The van der Waals surface area contributed by atoms with Gasteiger partial charge in [0, 0.05) is 6.04 Å². The van der Waals surface area contributed by atoms with E-state index in [-0.39, 0.29) is 0 Å². The average Bonchev–Trinajstić information content (AvgIpc) is 2.63. The quantitative estimate of drug-likeness (QED) is 0.778. The predicted molar refractivity (Wildman–Crippen MR) is 68.3 cm³/mol. The second-order valence-corrected chi connectivity index (χ2v) is 4.56. The van der Waals surface area contributed by atoms with Crippen molar-refractivity contribution in [1.29, 1.82) is 0 Å². The van der Waals surface area contributed by atoms with Gasteiger partial charge in [-0.3, -0.25) is 4.98 Å². The molecule has 0 aliphatic heterocycles. The minimum Gasteiger partial charge on any atom is -0.408 e. The van der Waals surface area contributed by atoms with E-state index in [2.05, 4.69) is 24.1 Å². The lowest BCUT2D eigenvalue weighted by atomic mass is 10.1. The molecule has 2 N–H and O–H groups in total. The lowest BCUT2D eigenvalue weighted by Crippen LogP contribution is -2.23. The molecule has 4 heteroatoms. The van der Waals surface area contributed by atoms with Gasteiger partial charge in [-0.05, 0) is 37.1 Å². The largest absolute Gasteiger partial charge is 0.417 e. The van der Waals surface area contributed by atoms with Crippen molar-refractivity contribution in [3.05, 3.63) is 34.3 Å². The second-order valence-electron chi connectivity index (χ2n) is 4.56. The molecule has 2 aromatic rings. The standard InChI is InChI=1S/C13H18N2O2/c1-9(2)14-7-3-4-10-5-6-11-12(8-10)17-13(16)15-11/h5-6,8-9,14H,3-4,7H2,1-2H3,(H,15,16). The van der Waals surface area contributed by atoms with Crippen LogP contribution >= 0.6 is 0 Å². The summed E-state index contributed by atoms with van der Waals surface area (Å²) < 4.78 is 5.03. The zero-order valence-corrected chi connectivity index (χ0v) is 10.2. The molecule has 0 atom stereocenters. The van der Waals surface area contributed by atoms with Gasteiger partial charge in [-0.2, -0.15) is 0 Å². The molecule has 92 valence electrons. The van der Waals surface area contributed by atoms with Crippen LogP contribution in [0.25, 0.3) is 11.1 Å². The number of H-pyrrole nitrogens is 1. The molecule has 0 fully saturated rings. The molecule has 0 radical (unpaired) electrons. The third-order valence-corrected chi connectivity index (χ3v) is 2.68. The van der Waals surface area contributed by atoms with Crippen LogP contribution in [-0.2, 0) is 6.42 Å². The van der Waals surface area contributed by atoms with Crippen molar-refractivity contribution < 1.29 is 4.42 Å². The topological polar surface area (TPSA) is 58.0 Å². The summed E-state index contributed by atoms with van der Waals surface area (Å²) >= 11 is 0. The Bertz CT molecular complexity index is 540. The summed E-state index contributed by atoms with van der Waals surface area (Å²) in [5.74, 6) is -0.390. The summed E-state index contributed by atoms with van der Waals surface area (Å²) in [6, 6.07) is 6.39. The number of nitrogens with one attached hydrogen (secondary N) is 2. The van der Waals surface area contributed by atoms with Crippen LogP contribution in [0.3, 0.4) is 0 Å². The highest BCUT2D eigenvalue weighted by molar-refractivity contribution is 5.72. The molecule has 0 bridgehead atoms. The van der Waals surface area contributed by atoms with Crippen molar-refractivity contribution in [2.45, 2.75) is 32.7 Å². The Hall–Kier alpha value is -1.55. The monoisotopic (exact) mass is 234 g/mol. The van der Waals surface area contributed by atoms with E-state index in [9.17, 15) is 4.79 Å². The van der Waals surface area contributed by atoms with Crippen LogP contribution in [0.5, 0.6) is 0 Å². The number of oxazole rings is 1. The number of hydrogen-bond donors (Lipinski definition) is 2. The number of aromatic nitrogens is 1. The van der Waals surface area contributed by atoms with E-state index in [4.69, 9.17) is 4.42 Å². The fourth-order valence-corrected chi connectivity index (χ4v) is 1.83. The molecular weight excluding hydrogens is 216 g/mol. The van der Waals surface area contributed by atoms with Crippen LogP contribution < -0.4 is 11.1 Å². The van der Waals surface area contributed by atoms with Crippen LogP contribution in [0.2, 0.25) is 0 Å². The van der Waals surface area contributed by atoms with Gasteiger partial charge < -0.3 is 9.73 Å². The molecule has 0 saturated heterocycles. The summed E-state index contributed by atoms with van der Waals surface area (Å²) in [7, 11) is 0. The SMILES string of the molecule is CC(C)NCCCc1ccc2[nH]c(=O)oc2c1. The Kier molecular flexibility index (Phi) is 3.64. The van der Waals surface area contributed by atoms with Crippen molar-refractivity contribution in [3.8, 4) is 0 Å². The van der Waals surface area contributed by atoms with E-state index in [1.807, 2.05) is 18.2 Å². The third-order valence-electron chi connectivity index (χ3n) is 2.68. The number of hydrogen-bond acceptors (Lipinski definition) is 3. The van der Waals surface area contributed by atoms with Crippen molar-refractivity contribution in [3.63, 3.8) is 0 Å². The summed E-state index contributed by atoms with van der Waals surface area (Å²) in [5, 5.41) is 3.38. The van der Waals surface area contributed by atoms with Gasteiger partial charge in [0.05, 0.1) is 5.52 Å². The minimum absolute atomic E-state index is 0.390. The van der Waals surface area contributed by atoms with Gasteiger partial charge in [0.1, 0.15) is 0 Å². The van der Waals surface area contributed by atoms with Gasteiger partial charge >= 0.3 is 5.76 Å². The van der Waals surface area contributed by atoms with Gasteiger partial charge in [-0.25, -0.2) is 4.79 Å². The van der Waals surface area contributed by atoms with E-state index in [1.165, 1.54) is 5.56 Å². The number of rotatable bonds is 5. The Labute approximate surface area is 100 Å². The average molecular weight is 234 g/mol. The van der Waals surface area contributed by atoms with Crippen LogP contribution in [-0.4, -0.2) is 17.6 Å². The zero-order valence-electron chi connectivity index (χ0n) is 10.2. The van der Waals surface area contributed by atoms with E-state index in [0.717, 1.165) is 24.9 Å². The van der Waals surface area contributed by atoms with Gasteiger partial charge in [0.15, 0.2) is 5.58 Å². The van der Waals surface area contributed by atoms with E-state index in [0.29, 0.717) is 11.6 Å². The molecule has 1 heterocycles. The molecule has 0 aliphatic rings. The highest BCUT2D eigenvalue weighted by atomic mass is 16.4. The summed E-state index contributed by atoms with van der Waals surface area (Å²) in [6.45, 7) is 5.29. The van der Waals surface area contributed by atoms with Gasteiger partial charge in [0.25, 0.3) is 0 Å². The fourth-order valence-electron chi connectivity index (χ4n) is 1.83. The van der Waals surface area contributed by atoms with E-state index >= 15 is 0 Å². The van der Waals surface area contributed by atoms with Crippen LogP contribution in [0, 0.1) is 0 Å². The molecule has 0 unspecified atom stereocenters. The number of fused-ring (bicyclic) bond motifs is 1. The molecule has 0 aliphatic carbocycles. The maximum atomic E-state index is 11.0. The Balaban J connectivity index is 1.97. The van der Waals surface area contributed by atoms with Gasteiger partial charge in [-0.1, -0.05) is 19.9 Å². The lowest BCUT2D eigenvalue weighted by molar-refractivity contribution is 0.554. The highest BCUT2D eigenvalue weighted by Crippen LogP contribution is 2.13. The summed E-state index contributed by atoms with van der Waals surface area (Å²) in [5.41, 5.74) is 2.61. The molecular formula is C13H18N2O2. The second kappa shape index (κ2) is 5.19. The zero-order chi connectivity index (χ0) is 12.3. The molecule has 17 heavy (non-hydrogen) atoms. The number of aromatic amines is 1. The Morgan fingerprint density at radius 3 is 3.00 bits per heavy atom. The third kappa shape index (κ3) is 3.20. The van der Waals surface area contributed by atoms with Crippen LogP contribution in [0.15, 0.2) is 27.4 Å². The highest BCUT2D eigenvalue weighted by Gasteiger charge is 2.02. The fraction of sp³-hybridized carbons (Fsp3) is 0.462. The molecule has 0 amide bonds. The first kappa shape index (κ1) is 11.9. The normalized spacial score (nSPS) is 11.5. The van der Waals surface area contributed by atoms with Crippen molar-refractivity contribution in [2.75, 3.05) is 6.54 Å². The Morgan fingerprint density at radius 2 is 2.24 bits per heavy atom. The van der Waals surface area contributed by atoms with Crippen molar-refractivity contribution >= 4 is 11.1 Å². The molecule has 4 nitrogen and oxygen atoms in total. The summed E-state index contributed by atoms with van der Waals surface area (Å²) in [6.07, 6.45) is 2.07. The molecule has 2 rings (SSSR count). The minimum atomic E-state index is -0.390. The van der Waals surface area contributed by atoms with Crippen LogP contribution in [0.1, 0.15) is 25.8 Å². The lowest BCUT2D eigenvalue weighted by Gasteiger charge is -2.07. The van der Waals surface area contributed by atoms with E-state index < -0.39 is 5.76 Å². The smallest absolute Gasteiger partial charge is 0.408 e. The Morgan fingerprint density at radius 1 is 1.41 bits per heavy atom. The van der Waals surface area contributed by atoms with E-state index in [1.54, 1.807) is 0 Å². The maximum absolute atomic E-state index is 11.0. The first-order chi connectivity index (χ1) is 8.15.